The molecule has 3 nitrogen and oxygen atoms in total. The molecule has 4 heteroatoms. The van der Waals surface area contributed by atoms with E-state index in [2.05, 4.69) is 21.2 Å². The van der Waals surface area contributed by atoms with Crippen molar-refractivity contribution >= 4 is 32.7 Å². The number of aromatic nitrogens is 1. The zero-order valence-electron chi connectivity index (χ0n) is 9.25. The molecule has 0 bridgehead atoms. The van der Waals surface area contributed by atoms with Crippen molar-refractivity contribution in [1.82, 2.24) is 9.88 Å². The minimum absolute atomic E-state index is 0.0342. The van der Waals surface area contributed by atoms with Gasteiger partial charge in [0.05, 0.1) is 5.52 Å². The molecule has 1 aromatic heterocycles. The van der Waals surface area contributed by atoms with E-state index in [4.69, 9.17) is 0 Å². The summed E-state index contributed by atoms with van der Waals surface area (Å²) in [6, 6.07) is 7.85. The molecule has 0 saturated heterocycles. The van der Waals surface area contributed by atoms with Crippen LogP contribution >= 0.6 is 15.9 Å². The van der Waals surface area contributed by atoms with E-state index in [0.717, 1.165) is 15.4 Å². The third-order valence-corrected chi connectivity index (χ3v) is 3.22. The van der Waals surface area contributed by atoms with Crippen molar-refractivity contribution in [1.29, 1.82) is 0 Å². The first kappa shape index (κ1) is 11.2. The Hall–Kier alpha value is -1.29. The number of halogens is 1. The predicted octanol–water partition coefficient (Wildman–Crippen LogP) is 2.69. The number of hydrogen-bond donors (Lipinski definition) is 1. The molecule has 0 radical (unpaired) electrons. The topological polar surface area (TPSA) is 34.0 Å². The van der Waals surface area contributed by atoms with E-state index in [1.807, 2.05) is 42.8 Å². The molecule has 0 aliphatic heterocycles. The van der Waals surface area contributed by atoms with Gasteiger partial charge < -0.3 is 9.88 Å². The van der Waals surface area contributed by atoms with Crippen LogP contribution in [0.4, 0.5) is 0 Å². The number of para-hydroxylation sites is 1. The van der Waals surface area contributed by atoms with Crippen molar-refractivity contribution in [3.63, 3.8) is 0 Å². The zero-order chi connectivity index (χ0) is 11.7. The number of benzene rings is 1. The number of aryl methyl sites for hydroxylation is 1. The number of rotatable bonds is 2. The fraction of sp³-hybridized carbons (Fsp3) is 0.250. The summed E-state index contributed by atoms with van der Waals surface area (Å²) in [4.78, 5) is 11.8. The van der Waals surface area contributed by atoms with Gasteiger partial charge in [0.25, 0.3) is 5.91 Å². The number of carbonyl (C=O) groups is 1. The molecule has 2 aromatic rings. The van der Waals surface area contributed by atoms with Crippen molar-refractivity contribution in [2.45, 2.75) is 6.92 Å². The van der Waals surface area contributed by atoms with Crippen molar-refractivity contribution in [3.8, 4) is 0 Å². The Labute approximate surface area is 103 Å². The second-order valence-corrected chi connectivity index (χ2v) is 4.48. The molecule has 84 valence electrons. The molecule has 0 aliphatic carbocycles. The van der Waals surface area contributed by atoms with Crippen molar-refractivity contribution < 1.29 is 4.79 Å². The fourth-order valence-electron chi connectivity index (χ4n) is 1.84. The monoisotopic (exact) mass is 280 g/mol. The Morgan fingerprint density at radius 1 is 1.50 bits per heavy atom. The second-order valence-electron chi connectivity index (χ2n) is 3.63. The lowest BCUT2D eigenvalue weighted by atomic mass is 10.2. The fourth-order valence-corrected chi connectivity index (χ4v) is 2.48. The molecular weight excluding hydrogens is 268 g/mol. The Balaban J connectivity index is 2.61. The second kappa shape index (κ2) is 4.29. The largest absolute Gasteiger partial charge is 0.351 e. The maximum absolute atomic E-state index is 11.8. The minimum Gasteiger partial charge on any atom is -0.351 e. The summed E-state index contributed by atoms with van der Waals surface area (Å²) in [5, 5.41) is 3.88. The molecule has 1 aromatic carbocycles. The molecule has 1 amide bonds. The highest BCUT2D eigenvalue weighted by Gasteiger charge is 2.13. The summed E-state index contributed by atoms with van der Waals surface area (Å²) < 4.78 is 2.91. The van der Waals surface area contributed by atoms with Crippen molar-refractivity contribution in [3.05, 3.63) is 34.4 Å². The standard InChI is InChI=1S/C12H13BrN2O/c1-3-14-12(16)10-7-8-5-4-6-9(13)11(8)15(10)2/h4-7H,3H2,1-2H3,(H,14,16). The first-order chi connectivity index (χ1) is 7.65. The van der Waals surface area contributed by atoms with E-state index in [9.17, 15) is 4.79 Å². The van der Waals surface area contributed by atoms with Gasteiger partial charge in [-0.15, -0.1) is 0 Å². The lowest BCUT2D eigenvalue weighted by Gasteiger charge is -2.04. The van der Waals surface area contributed by atoms with Crippen LogP contribution in [0.25, 0.3) is 10.9 Å². The molecule has 0 fully saturated rings. The third kappa shape index (κ3) is 1.73. The van der Waals surface area contributed by atoms with E-state index in [1.54, 1.807) is 0 Å². The summed E-state index contributed by atoms with van der Waals surface area (Å²) in [6.07, 6.45) is 0. The summed E-state index contributed by atoms with van der Waals surface area (Å²) >= 11 is 3.50. The lowest BCUT2D eigenvalue weighted by molar-refractivity contribution is 0.0948. The molecule has 0 spiro atoms. The van der Waals surface area contributed by atoms with Gasteiger partial charge in [-0.25, -0.2) is 0 Å². The van der Waals surface area contributed by atoms with Crippen LogP contribution in [-0.4, -0.2) is 17.0 Å². The van der Waals surface area contributed by atoms with Crippen LogP contribution in [0.15, 0.2) is 28.7 Å². The average molecular weight is 281 g/mol. The summed E-state index contributed by atoms with van der Waals surface area (Å²) in [7, 11) is 1.90. The summed E-state index contributed by atoms with van der Waals surface area (Å²) in [6.45, 7) is 2.55. The van der Waals surface area contributed by atoms with Gasteiger partial charge in [-0.1, -0.05) is 12.1 Å². The maximum Gasteiger partial charge on any atom is 0.267 e. The van der Waals surface area contributed by atoms with Crippen LogP contribution in [0.2, 0.25) is 0 Å². The number of fused-ring (bicyclic) bond motifs is 1. The highest BCUT2D eigenvalue weighted by molar-refractivity contribution is 9.10. The highest BCUT2D eigenvalue weighted by Crippen LogP contribution is 2.26. The lowest BCUT2D eigenvalue weighted by Crippen LogP contribution is -2.24. The van der Waals surface area contributed by atoms with Crippen LogP contribution in [-0.2, 0) is 7.05 Å². The molecule has 0 unspecified atom stereocenters. The molecule has 0 aliphatic rings. The van der Waals surface area contributed by atoms with Gasteiger partial charge in [-0.2, -0.15) is 0 Å². The Bertz CT molecular complexity index is 545. The van der Waals surface area contributed by atoms with Gasteiger partial charge >= 0.3 is 0 Å². The van der Waals surface area contributed by atoms with Crippen LogP contribution < -0.4 is 5.32 Å². The van der Waals surface area contributed by atoms with E-state index in [1.165, 1.54) is 0 Å². The highest BCUT2D eigenvalue weighted by atomic mass is 79.9. The van der Waals surface area contributed by atoms with Crippen molar-refractivity contribution in [2.24, 2.45) is 7.05 Å². The summed E-state index contributed by atoms with van der Waals surface area (Å²) in [5.74, 6) is -0.0342. The quantitative estimate of drug-likeness (QED) is 0.902. The van der Waals surface area contributed by atoms with Gasteiger partial charge in [-0.05, 0) is 35.0 Å². The molecule has 16 heavy (non-hydrogen) atoms. The van der Waals surface area contributed by atoms with Crippen LogP contribution in [0, 0.1) is 0 Å². The first-order valence-corrected chi connectivity index (χ1v) is 5.96. The van der Waals surface area contributed by atoms with Gasteiger partial charge in [0.1, 0.15) is 5.69 Å². The molecule has 0 atom stereocenters. The van der Waals surface area contributed by atoms with Gasteiger partial charge in [-0.3, -0.25) is 4.79 Å². The average Bonchev–Trinajstić information content (AvgIpc) is 2.58. The molecule has 1 heterocycles. The summed E-state index contributed by atoms with van der Waals surface area (Å²) in [5.41, 5.74) is 1.73. The van der Waals surface area contributed by atoms with Gasteiger partial charge in [0, 0.05) is 23.5 Å². The Morgan fingerprint density at radius 2 is 2.25 bits per heavy atom. The number of amides is 1. The molecule has 2 rings (SSSR count). The SMILES string of the molecule is CCNC(=O)c1cc2cccc(Br)c2n1C. The number of nitrogens with one attached hydrogen (secondary N) is 1. The van der Waals surface area contributed by atoms with Crippen LogP contribution in [0.1, 0.15) is 17.4 Å². The number of carbonyl (C=O) groups excluding carboxylic acids is 1. The first-order valence-electron chi connectivity index (χ1n) is 5.17. The third-order valence-electron chi connectivity index (χ3n) is 2.58. The van der Waals surface area contributed by atoms with E-state index in [-0.39, 0.29) is 5.91 Å². The van der Waals surface area contributed by atoms with Crippen LogP contribution in [0.5, 0.6) is 0 Å². The normalized spacial score (nSPS) is 10.7. The predicted molar refractivity (Wildman–Crippen MR) is 68.6 cm³/mol. The molecule has 1 N–H and O–H groups in total. The minimum atomic E-state index is -0.0342. The molecular formula is C12H13BrN2O. The van der Waals surface area contributed by atoms with E-state index < -0.39 is 0 Å². The number of hydrogen-bond acceptors (Lipinski definition) is 1. The zero-order valence-corrected chi connectivity index (χ0v) is 10.8. The Morgan fingerprint density at radius 3 is 2.88 bits per heavy atom. The van der Waals surface area contributed by atoms with E-state index >= 15 is 0 Å². The Kier molecular flexibility index (Phi) is 3.01. The van der Waals surface area contributed by atoms with Gasteiger partial charge in [0.2, 0.25) is 0 Å². The maximum atomic E-state index is 11.8. The van der Waals surface area contributed by atoms with Gasteiger partial charge in [0.15, 0.2) is 0 Å². The number of nitrogens with zero attached hydrogens (tertiary/aromatic N) is 1. The molecule has 0 saturated carbocycles. The van der Waals surface area contributed by atoms with E-state index in [0.29, 0.717) is 12.2 Å². The van der Waals surface area contributed by atoms with Crippen molar-refractivity contribution in [2.75, 3.05) is 6.54 Å². The smallest absolute Gasteiger partial charge is 0.267 e. The van der Waals surface area contributed by atoms with Crippen LogP contribution in [0.3, 0.4) is 0 Å².